The minimum Gasteiger partial charge on any atom is -0.325 e. The molecule has 0 aliphatic carbocycles. The molecule has 0 radical (unpaired) electrons. The van der Waals surface area contributed by atoms with Gasteiger partial charge in [-0.25, -0.2) is 17.2 Å². The Kier molecular flexibility index (Phi) is 6.52. The van der Waals surface area contributed by atoms with Crippen LogP contribution < -0.4 is 5.32 Å². The number of amides is 1. The first kappa shape index (κ1) is 21.6. The van der Waals surface area contributed by atoms with E-state index in [0.29, 0.717) is 29.9 Å². The molecular weight excluding hydrogens is 424 g/mol. The number of halogens is 3. The summed E-state index contributed by atoms with van der Waals surface area (Å²) < 4.78 is 52.9. The van der Waals surface area contributed by atoms with Gasteiger partial charge in [-0.1, -0.05) is 17.7 Å². The summed E-state index contributed by atoms with van der Waals surface area (Å²) in [6, 6.07) is 7.74. The molecule has 1 saturated heterocycles. The minimum absolute atomic E-state index is 0.102. The van der Waals surface area contributed by atoms with E-state index >= 15 is 0 Å². The van der Waals surface area contributed by atoms with Gasteiger partial charge in [-0.15, -0.1) is 0 Å². The summed E-state index contributed by atoms with van der Waals surface area (Å²) in [5.41, 5.74) is 1.49. The molecule has 0 aromatic heterocycles. The van der Waals surface area contributed by atoms with E-state index in [1.165, 1.54) is 4.31 Å². The van der Waals surface area contributed by atoms with Gasteiger partial charge in [0.1, 0.15) is 0 Å². The molecule has 1 heterocycles. The van der Waals surface area contributed by atoms with Crippen LogP contribution in [0.5, 0.6) is 0 Å². The van der Waals surface area contributed by atoms with E-state index in [-0.39, 0.29) is 30.4 Å². The lowest BCUT2D eigenvalue weighted by molar-refractivity contribution is -0.117. The number of hydrogen-bond acceptors (Lipinski definition) is 4. The van der Waals surface area contributed by atoms with E-state index in [1.807, 2.05) is 11.8 Å². The highest BCUT2D eigenvalue weighted by atomic mass is 35.5. The molecule has 2 aromatic rings. The summed E-state index contributed by atoms with van der Waals surface area (Å²) in [7, 11) is -3.93. The third-order valence-electron chi connectivity index (χ3n) is 4.68. The number of carbonyl (C=O) groups excluding carboxylic acids is 1. The number of aryl methyl sites for hydroxylation is 1. The number of hydrogen-bond donors (Lipinski definition) is 1. The third kappa shape index (κ3) is 5.11. The van der Waals surface area contributed by atoms with Crippen LogP contribution in [-0.2, 0) is 14.8 Å². The molecule has 10 heteroatoms. The van der Waals surface area contributed by atoms with Crippen molar-refractivity contribution in [1.29, 1.82) is 0 Å². The zero-order valence-electron chi connectivity index (χ0n) is 15.7. The fourth-order valence-corrected chi connectivity index (χ4v) is 4.60. The van der Waals surface area contributed by atoms with Crippen molar-refractivity contribution in [1.82, 2.24) is 9.21 Å². The van der Waals surface area contributed by atoms with Gasteiger partial charge in [-0.2, -0.15) is 4.31 Å². The first-order valence-corrected chi connectivity index (χ1v) is 10.7. The molecule has 2 aromatic carbocycles. The van der Waals surface area contributed by atoms with Crippen LogP contribution >= 0.6 is 11.6 Å². The van der Waals surface area contributed by atoms with Crippen LogP contribution in [0.3, 0.4) is 0 Å². The average Bonchev–Trinajstić information content (AvgIpc) is 2.67. The highest BCUT2D eigenvalue weighted by molar-refractivity contribution is 7.89. The Morgan fingerprint density at radius 1 is 1.07 bits per heavy atom. The molecule has 1 amide bonds. The molecule has 1 fully saturated rings. The second kappa shape index (κ2) is 8.74. The van der Waals surface area contributed by atoms with E-state index in [1.54, 1.807) is 18.2 Å². The van der Waals surface area contributed by atoms with Crippen LogP contribution in [0, 0.1) is 18.6 Å². The zero-order valence-corrected chi connectivity index (χ0v) is 17.2. The summed E-state index contributed by atoms with van der Waals surface area (Å²) in [5, 5.41) is 3.32. The first-order valence-electron chi connectivity index (χ1n) is 8.90. The van der Waals surface area contributed by atoms with Gasteiger partial charge in [-0.05, 0) is 42.8 Å². The van der Waals surface area contributed by atoms with Crippen molar-refractivity contribution >= 4 is 33.2 Å². The predicted molar refractivity (Wildman–Crippen MR) is 106 cm³/mol. The monoisotopic (exact) mass is 443 g/mol. The van der Waals surface area contributed by atoms with Gasteiger partial charge >= 0.3 is 0 Å². The Balaban J connectivity index is 1.56. The van der Waals surface area contributed by atoms with Crippen molar-refractivity contribution in [2.45, 2.75) is 11.8 Å². The van der Waals surface area contributed by atoms with Gasteiger partial charge in [0.25, 0.3) is 0 Å². The fraction of sp³-hybridized carbons (Fsp3) is 0.316. The number of sulfonamides is 1. The number of benzene rings is 2. The molecule has 0 atom stereocenters. The summed E-state index contributed by atoms with van der Waals surface area (Å²) in [5.74, 6) is -2.55. The van der Waals surface area contributed by atoms with E-state index in [9.17, 15) is 22.0 Å². The number of carbonyl (C=O) groups is 1. The largest absolute Gasteiger partial charge is 0.325 e. The molecule has 1 aliphatic rings. The SMILES string of the molecule is Cc1ccc(NC(=O)CN2CCN(S(=O)(=O)c3ccc(F)c(F)c3)CC2)cc1Cl. The Morgan fingerprint density at radius 2 is 1.76 bits per heavy atom. The minimum atomic E-state index is -3.93. The molecule has 1 aliphatic heterocycles. The molecule has 29 heavy (non-hydrogen) atoms. The first-order chi connectivity index (χ1) is 13.7. The second-order valence-electron chi connectivity index (χ2n) is 6.77. The summed E-state index contributed by atoms with van der Waals surface area (Å²) >= 11 is 6.05. The Morgan fingerprint density at radius 3 is 2.38 bits per heavy atom. The van der Waals surface area contributed by atoms with Crippen LogP contribution in [0.25, 0.3) is 0 Å². The number of nitrogens with zero attached hydrogens (tertiary/aromatic N) is 2. The van der Waals surface area contributed by atoms with Crippen LogP contribution in [0.15, 0.2) is 41.3 Å². The summed E-state index contributed by atoms with van der Waals surface area (Å²) in [6.45, 7) is 2.93. The molecule has 0 spiro atoms. The lowest BCUT2D eigenvalue weighted by Crippen LogP contribution is -2.50. The average molecular weight is 444 g/mol. The maximum absolute atomic E-state index is 13.4. The Labute approximate surface area is 173 Å². The van der Waals surface area contributed by atoms with Crippen molar-refractivity contribution < 1.29 is 22.0 Å². The molecule has 0 unspecified atom stereocenters. The zero-order chi connectivity index (χ0) is 21.2. The van der Waals surface area contributed by atoms with Crippen molar-refractivity contribution in [3.05, 3.63) is 58.6 Å². The van der Waals surface area contributed by atoms with E-state index in [0.717, 1.165) is 17.7 Å². The number of nitrogens with one attached hydrogen (secondary N) is 1. The molecule has 0 bridgehead atoms. The van der Waals surface area contributed by atoms with Gasteiger partial charge in [0.05, 0.1) is 11.4 Å². The molecule has 6 nitrogen and oxygen atoms in total. The highest BCUT2D eigenvalue weighted by Gasteiger charge is 2.29. The maximum Gasteiger partial charge on any atom is 0.243 e. The van der Waals surface area contributed by atoms with Crippen molar-refractivity contribution in [2.24, 2.45) is 0 Å². The van der Waals surface area contributed by atoms with Crippen LogP contribution in [0.4, 0.5) is 14.5 Å². The normalized spacial score (nSPS) is 16.0. The molecule has 0 saturated carbocycles. The van der Waals surface area contributed by atoms with Crippen molar-refractivity contribution in [3.8, 4) is 0 Å². The Bertz CT molecular complexity index is 1030. The van der Waals surface area contributed by atoms with E-state index < -0.39 is 21.7 Å². The quantitative estimate of drug-likeness (QED) is 0.771. The predicted octanol–water partition coefficient (Wildman–Crippen LogP) is 2.87. The molecular formula is C19H20ClF2N3O3S. The lowest BCUT2D eigenvalue weighted by atomic mass is 10.2. The number of rotatable bonds is 5. The van der Waals surface area contributed by atoms with Crippen molar-refractivity contribution in [3.63, 3.8) is 0 Å². The van der Waals surface area contributed by atoms with Gasteiger partial charge in [0.15, 0.2) is 11.6 Å². The third-order valence-corrected chi connectivity index (χ3v) is 6.98. The van der Waals surface area contributed by atoms with Crippen LogP contribution in [-0.4, -0.2) is 56.3 Å². The van der Waals surface area contributed by atoms with Gasteiger partial charge in [0.2, 0.25) is 15.9 Å². The second-order valence-corrected chi connectivity index (χ2v) is 9.11. The molecule has 156 valence electrons. The van der Waals surface area contributed by atoms with Crippen molar-refractivity contribution in [2.75, 3.05) is 38.0 Å². The summed E-state index contributed by atoms with van der Waals surface area (Å²) in [4.78, 5) is 13.8. The van der Waals surface area contributed by atoms with Gasteiger partial charge in [0, 0.05) is 36.9 Å². The van der Waals surface area contributed by atoms with Crippen LogP contribution in [0.1, 0.15) is 5.56 Å². The standard InChI is InChI=1S/C19H20ClF2N3O3S/c1-13-2-3-14(10-16(13)20)23-19(26)12-24-6-8-25(9-7-24)29(27,28)15-4-5-17(21)18(22)11-15/h2-5,10-11H,6-9,12H2,1H3,(H,23,26). The fourth-order valence-electron chi connectivity index (χ4n) is 2.99. The van der Waals surface area contributed by atoms with Gasteiger partial charge in [-0.3, -0.25) is 9.69 Å². The van der Waals surface area contributed by atoms with E-state index in [2.05, 4.69) is 5.32 Å². The lowest BCUT2D eigenvalue weighted by Gasteiger charge is -2.33. The van der Waals surface area contributed by atoms with Crippen LogP contribution in [0.2, 0.25) is 5.02 Å². The Hall–Kier alpha value is -2.07. The molecule has 3 rings (SSSR count). The topological polar surface area (TPSA) is 69.7 Å². The molecule has 1 N–H and O–H groups in total. The van der Waals surface area contributed by atoms with Gasteiger partial charge < -0.3 is 5.32 Å². The van der Waals surface area contributed by atoms with E-state index in [4.69, 9.17) is 11.6 Å². The summed E-state index contributed by atoms with van der Waals surface area (Å²) in [6.07, 6.45) is 0. The smallest absolute Gasteiger partial charge is 0.243 e. The maximum atomic E-state index is 13.4. The highest BCUT2D eigenvalue weighted by Crippen LogP contribution is 2.21. The number of anilines is 1. The number of piperazine rings is 1.